The summed E-state index contributed by atoms with van der Waals surface area (Å²) >= 11 is 0. The molecule has 1 N–H and O–H groups in total. The van der Waals surface area contributed by atoms with Crippen LogP contribution >= 0.6 is 0 Å². The van der Waals surface area contributed by atoms with Gasteiger partial charge >= 0.3 is 17.8 Å². The molecule has 4 amide bonds. The number of imide groups is 2. The summed E-state index contributed by atoms with van der Waals surface area (Å²) in [5.41, 5.74) is 1.05. The van der Waals surface area contributed by atoms with Gasteiger partial charge in [0.1, 0.15) is 12.3 Å². The molecule has 1 aromatic carbocycles. The topological polar surface area (TPSA) is 71.4 Å². The Morgan fingerprint density at radius 2 is 1.70 bits per heavy atom. The quantitative estimate of drug-likeness (QED) is 0.585. The van der Waals surface area contributed by atoms with Crippen molar-refractivity contribution < 1.29 is 24.0 Å². The molecular weight excluding hydrogens is 298 g/mol. The highest BCUT2D eigenvalue weighted by Crippen LogP contribution is 2.14. The zero-order valence-electron chi connectivity index (χ0n) is 13.8. The maximum Gasteiger partial charge on any atom is 0.338 e. The predicted molar refractivity (Wildman–Crippen MR) is 82.7 cm³/mol. The summed E-state index contributed by atoms with van der Waals surface area (Å²) in [6, 6.07) is 6.72. The first-order valence-electron chi connectivity index (χ1n) is 7.48. The average Bonchev–Trinajstić information content (AvgIpc) is 2.71. The van der Waals surface area contributed by atoms with Gasteiger partial charge in [0.2, 0.25) is 0 Å². The van der Waals surface area contributed by atoms with Crippen LogP contribution in [0.15, 0.2) is 24.3 Å². The van der Waals surface area contributed by atoms with Crippen molar-refractivity contribution in [1.82, 2.24) is 9.80 Å². The Bertz CT molecular complexity index is 612. The van der Waals surface area contributed by atoms with Crippen molar-refractivity contribution in [2.24, 2.45) is 0 Å². The maximum absolute atomic E-state index is 12.2. The van der Waals surface area contributed by atoms with E-state index in [2.05, 4.69) is 0 Å². The van der Waals surface area contributed by atoms with E-state index in [9.17, 15) is 14.4 Å². The molecule has 1 atom stereocenters. The number of carbonyl (C=O) groups is 3. The van der Waals surface area contributed by atoms with E-state index in [4.69, 9.17) is 4.74 Å². The van der Waals surface area contributed by atoms with Crippen LogP contribution < -0.4 is 9.64 Å². The summed E-state index contributed by atoms with van der Waals surface area (Å²) in [5.74, 6) is -0.727. The molecule has 0 aliphatic carbocycles. The van der Waals surface area contributed by atoms with Gasteiger partial charge in [0.15, 0.2) is 6.67 Å². The first-order chi connectivity index (χ1) is 10.8. The maximum atomic E-state index is 12.2. The molecule has 0 aromatic heterocycles. The van der Waals surface area contributed by atoms with Crippen LogP contribution in [0.2, 0.25) is 0 Å². The molecular formula is C16H22N3O4+. The minimum Gasteiger partial charge on any atom is -0.497 e. The van der Waals surface area contributed by atoms with E-state index in [1.807, 2.05) is 31.3 Å². The van der Waals surface area contributed by atoms with E-state index in [0.29, 0.717) is 6.54 Å². The molecule has 1 unspecified atom stereocenters. The van der Waals surface area contributed by atoms with Crippen LogP contribution in [0.3, 0.4) is 0 Å². The SMILES string of the molecule is COc1ccc(C[NH+](C)CN2C(=O)C(=O)N(C(C)C)C2=O)cc1. The lowest BCUT2D eigenvalue weighted by molar-refractivity contribution is -0.901. The molecule has 0 saturated carbocycles. The lowest BCUT2D eigenvalue weighted by atomic mass is 10.2. The van der Waals surface area contributed by atoms with Crippen molar-refractivity contribution in [1.29, 1.82) is 0 Å². The summed E-state index contributed by atoms with van der Waals surface area (Å²) in [5, 5.41) is 0. The number of benzene rings is 1. The van der Waals surface area contributed by atoms with Crippen LogP contribution in [0.5, 0.6) is 5.75 Å². The van der Waals surface area contributed by atoms with Gasteiger partial charge in [-0.25, -0.2) is 9.69 Å². The second-order valence-electron chi connectivity index (χ2n) is 5.92. The van der Waals surface area contributed by atoms with Crippen molar-refractivity contribution >= 4 is 17.8 Å². The minimum absolute atomic E-state index is 0.151. The van der Waals surface area contributed by atoms with Crippen LogP contribution in [0.1, 0.15) is 19.4 Å². The first-order valence-corrected chi connectivity index (χ1v) is 7.48. The van der Waals surface area contributed by atoms with Gasteiger partial charge < -0.3 is 9.64 Å². The summed E-state index contributed by atoms with van der Waals surface area (Å²) in [6.45, 7) is 4.19. The van der Waals surface area contributed by atoms with E-state index in [0.717, 1.165) is 26.0 Å². The van der Waals surface area contributed by atoms with Crippen molar-refractivity contribution in [3.8, 4) is 5.75 Å². The van der Waals surface area contributed by atoms with Crippen molar-refractivity contribution in [3.05, 3.63) is 29.8 Å². The van der Waals surface area contributed by atoms with Crippen LogP contribution in [0, 0.1) is 0 Å². The third-order valence-electron chi connectivity index (χ3n) is 3.69. The molecule has 1 aromatic rings. The number of nitrogens with zero attached hydrogens (tertiary/aromatic N) is 2. The Morgan fingerprint density at radius 1 is 1.09 bits per heavy atom. The first kappa shape index (κ1) is 17.0. The Hall–Kier alpha value is -2.41. The zero-order valence-corrected chi connectivity index (χ0v) is 13.8. The van der Waals surface area contributed by atoms with Gasteiger partial charge in [-0.1, -0.05) is 0 Å². The number of quaternary nitrogens is 1. The summed E-state index contributed by atoms with van der Waals surface area (Å²) < 4.78 is 5.11. The van der Waals surface area contributed by atoms with Gasteiger partial charge in [-0.05, 0) is 38.1 Å². The minimum atomic E-state index is -0.752. The highest BCUT2D eigenvalue weighted by atomic mass is 16.5. The third-order valence-corrected chi connectivity index (χ3v) is 3.69. The normalized spacial score (nSPS) is 16.5. The molecule has 1 heterocycles. The highest BCUT2D eigenvalue weighted by Gasteiger charge is 2.46. The molecule has 1 aliphatic heterocycles. The van der Waals surface area contributed by atoms with Crippen molar-refractivity contribution in [3.63, 3.8) is 0 Å². The van der Waals surface area contributed by atoms with Gasteiger partial charge in [-0.3, -0.25) is 14.5 Å². The van der Waals surface area contributed by atoms with E-state index >= 15 is 0 Å². The van der Waals surface area contributed by atoms with Gasteiger partial charge in [0.25, 0.3) is 0 Å². The predicted octanol–water partition coefficient (Wildman–Crippen LogP) is -0.133. The van der Waals surface area contributed by atoms with Crippen LogP contribution in [-0.2, 0) is 16.1 Å². The van der Waals surface area contributed by atoms with Gasteiger partial charge in [-0.2, -0.15) is 0 Å². The number of carbonyl (C=O) groups excluding carboxylic acids is 3. The molecule has 1 saturated heterocycles. The number of ether oxygens (including phenoxy) is 1. The Morgan fingerprint density at radius 3 is 2.17 bits per heavy atom. The second kappa shape index (κ2) is 6.78. The van der Waals surface area contributed by atoms with Gasteiger partial charge in [0, 0.05) is 11.6 Å². The molecule has 124 valence electrons. The smallest absolute Gasteiger partial charge is 0.338 e. The third kappa shape index (κ3) is 3.50. The molecule has 0 spiro atoms. The average molecular weight is 320 g/mol. The molecule has 7 nitrogen and oxygen atoms in total. The Kier molecular flexibility index (Phi) is 5.00. The fraction of sp³-hybridized carbons (Fsp3) is 0.438. The monoisotopic (exact) mass is 320 g/mol. The Labute approximate surface area is 135 Å². The number of urea groups is 1. The van der Waals surface area contributed by atoms with Gasteiger partial charge in [-0.15, -0.1) is 0 Å². The second-order valence-corrected chi connectivity index (χ2v) is 5.92. The lowest BCUT2D eigenvalue weighted by Gasteiger charge is -2.21. The molecule has 0 bridgehead atoms. The number of hydrogen-bond donors (Lipinski definition) is 1. The summed E-state index contributed by atoms with van der Waals surface area (Å²) in [6.07, 6.45) is 0. The lowest BCUT2D eigenvalue weighted by Crippen LogP contribution is -3.09. The molecule has 1 fully saturated rings. The largest absolute Gasteiger partial charge is 0.497 e. The Balaban J connectivity index is 2.01. The summed E-state index contributed by atoms with van der Waals surface area (Å²) in [4.78, 5) is 39.0. The molecule has 23 heavy (non-hydrogen) atoms. The highest BCUT2D eigenvalue weighted by molar-refractivity contribution is 6.44. The number of methoxy groups -OCH3 is 1. The number of amides is 4. The van der Waals surface area contributed by atoms with Crippen molar-refractivity contribution in [2.45, 2.75) is 26.4 Å². The van der Waals surface area contributed by atoms with Gasteiger partial charge in [0.05, 0.1) is 14.2 Å². The molecule has 0 radical (unpaired) electrons. The van der Waals surface area contributed by atoms with E-state index in [-0.39, 0.29) is 12.7 Å². The fourth-order valence-corrected chi connectivity index (χ4v) is 2.53. The molecule has 7 heteroatoms. The van der Waals surface area contributed by atoms with E-state index < -0.39 is 17.8 Å². The van der Waals surface area contributed by atoms with Crippen molar-refractivity contribution in [2.75, 3.05) is 20.8 Å². The standard InChI is InChI=1S/C16H21N3O4/c1-11(2)19-15(21)14(20)18(16(19)22)10-17(3)9-12-5-7-13(23-4)8-6-12/h5-8,11H,9-10H2,1-4H3/p+1. The van der Waals surface area contributed by atoms with Crippen LogP contribution in [-0.4, -0.2) is 54.5 Å². The van der Waals surface area contributed by atoms with Crippen LogP contribution in [0.25, 0.3) is 0 Å². The molecule has 1 aliphatic rings. The number of hydrogen-bond acceptors (Lipinski definition) is 4. The van der Waals surface area contributed by atoms with E-state index in [1.165, 1.54) is 0 Å². The van der Waals surface area contributed by atoms with E-state index in [1.54, 1.807) is 21.0 Å². The zero-order chi connectivity index (χ0) is 17.1. The number of nitrogens with one attached hydrogen (secondary N) is 1. The fourth-order valence-electron chi connectivity index (χ4n) is 2.53. The number of rotatable bonds is 6. The van der Waals surface area contributed by atoms with Crippen LogP contribution in [0.4, 0.5) is 4.79 Å². The molecule has 2 rings (SSSR count). The summed E-state index contributed by atoms with van der Waals surface area (Å²) in [7, 11) is 3.47.